The van der Waals surface area contributed by atoms with Crippen LogP contribution in [-0.4, -0.2) is 27.3 Å². The van der Waals surface area contributed by atoms with Gasteiger partial charge in [-0.25, -0.2) is 4.98 Å². The van der Waals surface area contributed by atoms with Gasteiger partial charge >= 0.3 is 0 Å². The van der Waals surface area contributed by atoms with Gasteiger partial charge in [0.15, 0.2) is 22.8 Å². The zero-order chi connectivity index (χ0) is 16.8. The summed E-state index contributed by atoms with van der Waals surface area (Å²) in [4.78, 5) is 16.9. The highest BCUT2D eigenvalue weighted by atomic mass is 32.2. The molecule has 0 saturated carbocycles. The average molecular weight is 340 g/mol. The Kier molecular flexibility index (Phi) is 3.50. The van der Waals surface area contributed by atoms with Gasteiger partial charge < -0.3 is 14.6 Å². The average Bonchev–Trinajstić information content (AvgIpc) is 3.21. The highest BCUT2D eigenvalue weighted by molar-refractivity contribution is 7.99. The fraction of sp³-hybridized carbons (Fsp3) is 0.353. The monoisotopic (exact) mass is 340 g/mol. The molecule has 0 bridgehead atoms. The summed E-state index contributed by atoms with van der Waals surface area (Å²) in [5, 5.41) is 12.9. The van der Waals surface area contributed by atoms with Crippen LogP contribution in [0.3, 0.4) is 0 Å². The molecule has 122 valence electrons. The number of anilines is 1. The Labute approximate surface area is 143 Å². The van der Waals surface area contributed by atoms with E-state index in [4.69, 9.17) is 4.74 Å². The van der Waals surface area contributed by atoms with Crippen molar-refractivity contribution in [1.82, 2.24) is 9.55 Å². The van der Waals surface area contributed by atoms with E-state index < -0.39 is 6.10 Å². The number of nitrogens with zero attached hydrogens (tertiary/aromatic N) is 3. The quantitative estimate of drug-likeness (QED) is 0.908. The second kappa shape index (κ2) is 5.56. The highest BCUT2D eigenvalue weighted by Gasteiger charge is 2.31. The number of hydrogen-bond donors (Lipinski definition) is 1. The fourth-order valence-corrected chi connectivity index (χ4v) is 3.99. The molecule has 1 aromatic heterocycles. The van der Waals surface area contributed by atoms with Crippen LogP contribution in [0.2, 0.25) is 0 Å². The van der Waals surface area contributed by atoms with Crippen molar-refractivity contribution in [3.63, 3.8) is 0 Å². The van der Waals surface area contributed by atoms with Gasteiger partial charge in [-0.05, 0) is 36.6 Å². The summed E-state index contributed by atoms with van der Waals surface area (Å²) < 4.78 is 7.64. The zero-order valence-electron chi connectivity index (χ0n) is 13.4. The molecule has 0 saturated heterocycles. The standard InChI is InChI=1S/C17H16N4O2S/c1-9-5-11-7-14(23-13(11)6-10(9)2)16(22)19-15-12(8-18)21-3-4-24-17(21)20-15/h5-6,14H,3-4,7H2,1-2H3,(H,19,22)/t14-/m0/s1. The Morgan fingerprint density at radius 1 is 1.46 bits per heavy atom. The van der Waals surface area contributed by atoms with Gasteiger partial charge in [0.2, 0.25) is 0 Å². The first-order valence-corrected chi connectivity index (χ1v) is 8.76. The van der Waals surface area contributed by atoms with E-state index in [0.717, 1.165) is 34.3 Å². The predicted molar refractivity (Wildman–Crippen MR) is 90.3 cm³/mol. The van der Waals surface area contributed by atoms with Crippen LogP contribution in [0.15, 0.2) is 17.3 Å². The fourth-order valence-electron chi connectivity index (χ4n) is 3.04. The van der Waals surface area contributed by atoms with Crippen LogP contribution in [0, 0.1) is 25.2 Å². The van der Waals surface area contributed by atoms with Crippen LogP contribution in [0.1, 0.15) is 22.4 Å². The molecule has 4 rings (SSSR count). The van der Waals surface area contributed by atoms with Crippen molar-refractivity contribution in [3.8, 4) is 11.8 Å². The summed E-state index contributed by atoms with van der Waals surface area (Å²) in [7, 11) is 0. The van der Waals surface area contributed by atoms with Gasteiger partial charge in [0, 0.05) is 18.7 Å². The largest absolute Gasteiger partial charge is 0.480 e. The maximum absolute atomic E-state index is 12.5. The molecule has 1 atom stereocenters. The first-order valence-electron chi connectivity index (χ1n) is 7.78. The van der Waals surface area contributed by atoms with E-state index in [1.807, 2.05) is 24.5 Å². The number of fused-ring (bicyclic) bond motifs is 2. The van der Waals surface area contributed by atoms with E-state index in [1.165, 1.54) is 5.56 Å². The van der Waals surface area contributed by atoms with Gasteiger partial charge in [-0.2, -0.15) is 5.26 Å². The number of aryl methyl sites for hydroxylation is 2. The number of carbonyl (C=O) groups is 1. The van der Waals surface area contributed by atoms with Crippen LogP contribution in [0.4, 0.5) is 5.82 Å². The Balaban J connectivity index is 1.54. The van der Waals surface area contributed by atoms with Crippen LogP contribution in [0.5, 0.6) is 5.75 Å². The van der Waals surface area contributed by atoms with Crippen LogP contribution < -0.4 is 10.1 Å². The molecule has 1 amide bonds. The van der Waals surface area contributed by atoms with Crippen LogP contribution in [0.25, 0.3) is 0 Å². The number of hydrogen-bond acceptors (Lipinski definition) is 5. The van der Waals surface area contributed by atoms with Crippen LogP contribution >= 0.6 is 11.8 Å². The van der Waals surface area contributed by atoms with Crippen molar-refractivity contribution in [2.45, 2.75) is 38.1 Å². The summed E-state index contributed by atoms with van der Waals surface area (Å²) in [6.07, 6.45) is -0.0520. The molecule has 0 unspecified atom stereocenters. The third kappa shape index (κ3) is 2.34. The summed E-state index contributed by atoms with van der Waals surface area (Å²) in [5.74, 6) is 1.74. The summed E-state index contributed by atoms with van der Waals surface area (Å²) in [5.41, 5.74) is 3.78. The molecule has 1 aromatic carbocycles. The number of benzene rings is 1. The molecule has 0 spiro atoms. The zero-order valence-corrected chi connectivity index (χ0v) is 14.2. The minimum Gasteiger partial charge on any atom is -0.480 e. The molecule has 2 aliphatic rings. The number of imidazole rings is 1. The molecule has 0 aliphatic carbocycles. The number of thioether (sulfide) groups is 1. The maximum Gasteiger partial charge on any atom is 0.267 e. The Bertz CT molecular complexity index is 866. The number of ether oxygens (including phenoxy) is 1. The van der Waals surface area contributed by atoms with E-state index in [-0.39, 0.29) is 5.91 Å². The smallest absolute Gasteiger partial charge is 0.267 e. The Morgan fingerprint density at radius 3 is 3.04 bits per heavy atom. The van der Waals surface area contributed by atoms with E-state index in [9.17, 15) is 10.1 Å². The summed E-state index contributed by atoms with van der Waals surface area (Å²) in [6.45, 7) is 4.82. The molecule has 0 radical (unpaired) electrons. The SMILES string of the molecule is Cc1cc2c(cc1C)O[C@H](C(=O)Nc1nc3n(c1C#N)CCS3)C2. The molecule has 0 fully saturated rings. The number of rotatable bonds is 2. The van der Waals surface area contributed by atoms with E-state index in [1.54, 1.807) is 11.8 Å². The van der Waals surface area contributed by atoms with E-state index >= 15 is 0 Å². The maximum atomic E-state index is 12.5. The van der Waals surface area contributed by atoms with Gasteiger partial charge in [0.05, 0.1) is 0 Å². The number of carbonyl (C=O) groups excluding carboxylic acids is 1. The number of aromatic nitrogens is 2. The topological polar surface area (TPSA) is 79.9 Å². The number of nitrogens with one attached hydrogen (secondary N) is 1. The molecule has 2 aromatic rings. The molecular formula is C17H16N4O2S. The molecule has 1 N–H and O–H groups in total. The summed E-state index contributed by atoms with van der Waals surface area (Å²) in [6, 6.07) is 6.18. The lowest BCUT2D eigenvalue weighted by Crippen LogP contribution is -2.31. The first kappa shape index (κ1) is 15.1. The number of nitriles is 1. The lowest BCUT2D eigenvalue weighted by molar-refractivity contribution is -0.122. The molecule has 2 aliphatic heterocycles. The molecule has 3 heterocycles. The van der Waals surface area contributed by atoms with Crippen LogP contribution in [-0.2, 0) is 17.8 Å². The minimum atomic E-state index is -0.586. The molecular weight excluding hydrogens is 324 g/mol. The first-order chi connectivity index (χ1) is 11.6. The highest BCUT2D eigenvalue weighted by Crippen LogP contribution is 2.33. The third-order valence-corrected chi connectivity index (χ3v) is 5.43. The van der Waals surface area contributed by atoms with Crippen molar-refractivity contribution in [1.29, 1.82) is 5.26 Å². The Morgan fingerprint density at radius 2 is 2.25 bits per heavy atom. The summed E-state index contributed by atoms with van der Waals surface area (Å²) >= 11 is 1.59. The van der Waals surface area contributed by atoms with Gasteiger partial charge in [-0.1, -0.05) is 17.8 Å². The normalized spacial score (nSPS) is 17.8. The molecule has 6 nitrogen and oxygen atoms in total. The van der Waals surface area contributed by atoms with Crippen molar-refractivity contribution >= 4 is 23.5 Å². The van der Waals surface area contributed by atoms with E-state index in [2.05, 4.69) is 22.4 Å². The Hall–Kier alpha value is -2.46. The lowest BCUT2D eigenvalue weighted by atomic mass is 10.0. The van der Waals surface area contributed by atoms with Gasteiger partial charge in [-0.15, -0.1) is 0 Å². The second-order valence-electron chi connectivity index (χ2n) is 6.05. The van der Waals surface area contributed by atoms with Gasteiger partial charge in [-0.3, -0.25) is 4.79 Å². The minimum absolute atomic E-state index is 0.264. The number of amides is 1. The van der Waals surface area contributed by atoms with Gasteiger partial charge in [0.25, 0.3) is 5.91 Å². The lowest BCUT2D eigenvalue weighted by Gasteiger charge is -2.10. The van der Waals surface area contributed by atoms with Crippen molar-refractivity contribution in [3.05, 3.63) is 34.5 Å². The third-order valence-electron chi connectivity index (χ3n) is 4.47. The van der Waals surface area contributed by atoms with Crippen molar-refractivity contribution < 1.29 is 9.53 Å². The molecule has 7 heteroatoms. The van der Waals surface area contributed by atoms with Crippen molar-refractivity contribution in [2.24, 2.45) is 0 Å². The van der Waals surface area contributed by atoms with Crippen molar-refractivity contribution in [2.75, 3.05) is 11.1 Å². The second-order valence-corrected chi connectivity index (χ2v) is 7.11. The molecule has 24 heavy (non-hydrogen) atoms. The van der Waals surface area contributed by atoms with E-state index in [0.29, 0.717) is 17.9 Å². The predicted octanol–water partition coefficient (Wildman–Crippen LogP) is 2.42. The van der Waals surface area contributed by atoms with Gasteiger partial charge in [0.1, 0.15) is 11.8 Å².